The van der Waals surface area contributed by atoms with Gasteiger partial charge in [0.15, 0.2) is 0 Å². The molecule has 4 rings (SSSR count). The van der Waals surface area contributed by atoms with E-state index in [2.05, 4.69) is 15.1 Å². The molecule has 6 heteroatoms. The first kappa shape index (κ1) is 17.4. The van der Waals surface area contributed by atoms with Gasteiger partial charge in [-0.2, -0.15) is 4.98 Å². The van der Waals surface area contributed by atoms with Crippen LogP contribution in [0.3, 0.4) is 0 Å². The summed E-state index contributed by atoms with van der Waals surface area (Å²) in [6.45, 7) is 3.52. The number of piperidine rings is 1. The van der Waals surface area contributed by atoms with Crippen LogP contribution in [0, 0.1) is 12.8 Å². The van der Waals surface area contributed by atoms with Crippen LogP contribution >= 0.6 is 0 Å². The smallest absolute Gasteiger partial charge is 0.255 e. The molecule has 3 heterocycles. The van der Waals surface area contributed by atoms with Gasteiger partial charge in [0.1, 0.15) is 0 Å². The summed E-state index contributed by atoms with van der Waals surface area (Å²) in [6, 6.07) is 11.6. The van der Waals surface area contributed by atoms with Crippen molar-refractivity contribution in [3.8, 4) is 11.4 Å². The van der Waals surface area contributed by atoms with Crippen LogP contribution in [0.15, 0.2) is 53.3 Å². The van der Waals surface area contributed by atoms with E-state index in [1.807, 2.05) is 42.2 Å². The number of rotatable bonds is 4. The molecule has 138 valence electrons. The number of likely N-dealkylation sites (tertiary alicyclic amines) is 1. The van der Waals surface area contributed by atoms with E-state index in [0.717, 1.165) is 30.5 Å². The van der Waals surface area contributed by atoms with E-state index < -0.39 is 0 Å². The zero-order valence-corrected chi connectivity index (χ0v) is 15.3. The second-order valence-corrected chi connectivity index (χ2v) is 7.03. The Balaban J connectivity index is 1.43. The van der Waals surface area contributed by atoms with Crippen LogP contribution in [0.4, 0.5) is 0 Å². The summed E-state index contributed by atoms with van der Waals surface area (Å²) < 4.78 is 5.48. The minimum absolute atomic E-state index is 0.0407. The first-order chi connectivity index (χ1) is 13.2. The zero-order valence-electron chi connectivity index (χ0n) is 15.3. The van der Waals surface area contributed by atoms with Crippen LogP contribution in [0.25, 0.3) is 11.4 Å². The van der Waals surface area contributed by atoms with Crippen LogP contribution in [0.5, 0.6) is 0 Å². The van der Waals surface area contributed by atoms with Crippen molar-refractivity contribution in [2.45, 2.75) is 26.2 Å². The molecule has 27 heavy (non-hydrogen) atoms. The van der Waals surface area contributed by atoms with Crippen molar-refractivity contribution in [2.24, 2.45) is 5.92 Å². The number of pyridine rings is 1. The van der Waals surface area contributed by atoms with Gasteiger partial charge in [-0.15, -0.1) is 0 Å². The second kappa shape index (κ2) is 7.70. The molecule has 1 amide bonds. The van der Waals surface area contributed by atoms with Crippen molar-refractivity contribution >= 4 is 5.91 Å². The lowest BCUT2D eigenvalue weighted by Gasteiger charge is -2.32. The molecule has 1 aliphatic heterocycles. The number of nitrogens with zero attached hydrogens (tertiary/aromatic N) is 4. The zero-order chi connectivity index (χ0) is 18.6. The van der Waals surface area contributed by atoms with Gasteiger partial charge in [-0.25, -0.2) is 0 Å². The largest absolute Gasteiger partial charge is 0.339 e. The molecule has 0 spiro atoms. The molecule has 0 aliphatic carbocycles. The number of hydrogen-bond donors (Lipinski definition) is 0. The van der Waals surface area contributed by atoms with Gasteiger partial charge in [0.25, 0.3) is 5.91 Å². The van der Waals surface area contributed by atoms with Gasteiger partial charge in [0.2, 0.25) is 11.7 Å². The molecule has 1 fully saturated rings. The average molecular weight is 362 g/mol. The maximum absolute atomic E-state index is 12.7. The van der Waals surface area contributed by atoms with Gasteiger partial charge < -0.3 is 9.42 Å². The van der Waals surface area contributed by atoms with Crippen molar-refractivity contribution in [2.75, 3.05) is 13.1 Å². The van der Waals surface area contributed by atoms with Gasteiger partial charge in [0.05, 0.1) is 5.56 Å². The van der Waals surface area contributed by atoms with Crippen molar-refractivity contribution in [1.29, 1.82) is 0 Å². The molecule has 1 aromatic carbocycles. The minimum atomic E-state index is 0.0407. The monoisotopic (exact) mass is 362 g/mol. The van der Waals surface area contributed by atoms with Crippen LogP contribution in [0.2, 0.25) is 0 Å². The topological polar surface area (TPSA) is 72.1 Å². The van der Waals surface area contributed by atoms with Gasteiger partial charge in [-0.1, -0.05) is 29.4 Å². The predicted octanol–water partition coefficient (Wildman–Crippen LogP) is 3.53. The Labute approximate surface area is 158 Å². The lowest BCUT2D eigenvalue weighted by molar-refractivity contribution is 0.0667. The highest BCUT2D eigenvalue weighted by Crippen LogP contribution is 2.24. The third kappa shape index (κ3) is 3.89. The first-order valence-electron chi connectivity index (χ1n) is 9.28. The number of carbonyl (C=O) groups excluding carboxylic acids is 1. The third-order valence-electron chi connectivity index (χ3n) is 5.03. The molecule has 0 radical (unpaired) electrons. The number of amides is 1. The molecular weight excluding hydrogens is 340 g/mol. The quantitative estimate of drug-likeness (QED) is 0.710. The fourth-order valence-electron chi connectivity index (χ4n) is 3.61. The van der Waals surface area contributed by atoms with Gasteiger partial charge in [-0.05, 0) is 43.4 Å². The molecule has 1 atom stereocenters. The number of carbonyl (C=O) groups is 1. The highest BCUT2D eigenvalue weighted by atomic mass is 16.5. The number of aromatic nitrogens is 3. The predicted molar refractivity (Wildman–Crippen MR) is 101 cm³/mol. The van der Waals surface area contributed by atoms with Gasteiger partial charge >= 0.3 is 0 Å². The van der Waals surface area contributed by atoms with Crippen molar-refractivity contribution in [1.82, 2.24) is 20.0 Å². The fourth-order valence-corrected chi connectivity index (χ4v) is 3.61. The van der Waals surface area contributed by atoms with Crippen molar-refractivity contribution in [3.05, 3.63) is 65.8 Å². The summed E-state index contributed by atoms with van der Waals surface area (Å²) >= 11 is 0. The summed E-state index contributed by atoms with van der Waals surface area (Å²) in [6.07, 6.45) is 6.03. The molecule has 0 unspecified atom stereocenters. The Hall–Kier alpha value is -3.02. The summed E-state index contributed by atoms with van der Waals surface area (Å²) in [5.74, 6) is 1.62. The summed E-state index contributed by atoms with van der Waals surface area (Å²) in [5.41, 5.74) is 2.75. The number of benzene rings is 1. The maximum atomic E-state index is 12.7. The second-order valence-electron chi connectivity index (χ2n) is 7.03. The lowest BCUT2D eigenvalue weighted by Crippen LogP contribution is -2.40. The highest BCUT2D eigenvalue weighted by Gasteiger charge is 2.26. The summed E-state index contributed by atoms with van der Waals surface area (Å²) in [5, 5.41) is 4.14. The Kier molecular flexibility index (Phi) is 4.96. The Morgan fingerprint density at radius 2 is 2.15 bits per heavy atom. The molecule has 1 aliphatic rings. The Morgan fingerprint density at radius 1 is 1.26 bits per heavy atom. The van der Waals surface area contributed by atoms with Crippen LogP contribution in [-0.4, -0.2) is 39.0 Å². The molecule has 2 aromatic heterocycles. The first-order valence-corrected chi connectivity index (χ1v) is 9.28. The molecular formula is C21H22N4O2. The molecule has 0 bridgehead atoms. The molecule has 0 saturated carbocycles. The van der Waals surface area contributed by atoms with E-state index in [4.69, 9.17) is 4.52 Å². The molecule has 6 nitrogen and oxygen atoms in total. The van der Waals surface area contributed by atoms with E-state index >= 15 is 0 Å². The number of hydrogen-bond acceptors (Lipinski definition) is 5. The fraction of sp³-hybridized carbons (Fsp3) is 0.333. The third-order valence-corrected chi connectivity index (χ3v) is 5.03. The van der Waals surface area contributed by atoms with Crippen LogP contribution in [-0.2, 0) is 6.42 Å². The Bertz CT molecular complexity index is 923. The van der Waals surface area contributed by atoms with Crippen molar-refractivity contribution in [3.63, 3.8) is 0 Å². The normalized spacial score (nSPS) is 17.1. The lowest BCUT2D eigenvalue weighted by atomic mass is 9.94. The van der Waals surface area contributed by atoms with E-state index in [-0.39, 0.29) is 5.91 Å². The summed E-state index contributed by atoms with van der Waals surface area (Å²) in [7, 11) is 0. The standard InChI is InChI=1S/C21H22N4O2/c1-15-6-2-3-9-18(15)20-23-19(27-24-20)12-16-7-5-11-25(14-16)21(26)17-8-4-10-22-13-17/h2-4,6,8-10,13,16H,5,7,11-12,14H2,1H3/t16-/m0/s1. The molecule has 1 saturated heterocycles. The highest BCUT2D eigenvalue weighted by molar-refractivity contribution is 5.93. The van der Waals surface area contributed by atoms with E-state index in [1.165, 1.54) is 0 Å². The average Bonchev–Trinajstić information content (AvgIpc) is 3.17. The maximum Gasteiger partial charge on any atom is 0.255 e. The van der Waals surface area contributed by atoms with E-state index in [9.17, 15) is 4.79 Å². The van der Waals surface area contributed by atoms with Gasteiger partial charge in [0, 0.05) is 37.5 Å². The molecule has 0 N–H and O–H groups in total. The SMILES string of the molecule is Cc1ccccc1-c1noc(C[C@@H]2CCCN(C(=O)c3cccnc3)C2)n1. The van der Waals surface area contributed by atoms with Crippen LogP contribution in [0.1, 0.15) is 34.7 Å². The molecule has 3 aromatic rings. The van der Waals surface area contributed by atoms with Crippen LogP contribution < -0.4 is 0 Å². The van der Waals surface area contributed by atoms with Crippen molar-refractivity contribution < 1.29 is 9.32 Å². The Morgan fingerprint density at radius 3 is 2.96 bits per heavy atom. The summed E-state index contributed by atoms with van der Waals surface area (Å²) in [4.78, 5) is 23.2. The van der Waals surface area contributed by atoms with E-state index in [0.29, 0.717) is 36.2 Å². The van der Waals surface area contributed by atoms with E-state index in [1.54, 1.807) is 18.5 Å². The van der Waals surface area contributed by atoms with Gasteiger partial charge in [-0.3, -0.25) is 9.78 Å². The minimum Gasteiger partial charge on any atom is -0.339 e. The number of aryl methyl sites for hydroxylation is 1.